The fourth-order valence-corrected chi connectivity index (χ4v) is 14.6. The lowest BCUT2D eigenvalue weighted by atomic mass is 9.36. The number of fused-ring (bicyclic) bond motifs is 7. The third kappa shape index (κ3) is 7.30. The lowest BCUT2D eigenvalue weighted by Crippen LogP contribution is -2.63. The van der Waals surface area contributed by atoms with Crippen molar-refractivity contribution in [3.05, 3.63) is 42.4 Å². The zero-order chi connectivity index (χ0) is 39.3. The zero-order valence-electron chi connectivity index (χ0n) is 35.3. The van der Waals surface area contributed by atoms with Gasteiger partial charge in [0.1, 0.15) is 18.8 Å². The molecule has 9 heteroatoms. The van der Waals surface area contributed by atoms with Crippen LogP contribution in [0.1, 0.15) is 119 Å². The molecule has 0 spiro atoms. The number of allylic oxidation sites excluding steroid dienone is 2. The summed E-state index contributed by atoms with van der Waals surface area (Å²) in [6.45, 7) is 15.0. The van der Waals surface area contributed by atoms with E-state index in [2.05, 4.69) is 46.6 Å². The van der Waals surface area contributed by atoms with Crippen LogP contribution in [0.3, 0.4) is 0 Å². The van der Waals surface area contributed by atoms with Crippen LogP contribution in [-0.4, -0.2) is 67.5 Å². The molecule has 9 nitrogen and oxygen atoms in total. The van der Waals surface area contributed by atoms with Crippen molar-refractivity contribution in [1.82, 2.24) is 9.78 Å². The number of ether oxygens (including phenoxy) is 5. The number of esters is 2. The Hall–Kier alpha value is -2.49. The SMILES string of the molecule is COC1CC(C=CC(=O)OC2CCC3(C)C(CCC4(C)C5CCC6(C)CCC(/C(C)=C/OC(=O)Cn7cccn7)C6C5CCC43)C2(C)C)CC(OC)C1OC. The van der Waals surface area contributed by atoms with Gasteiger partial charge in [0.05, 0.1) is 18.5 Å². The number of carbonyl (C=O) groups is 2. The third-order valence-corrected chi connectivity index (χ3v) is 17.2. The molecule has 306 valence electrons. The Balaban J connectivity index is 1.02. The average Bonchev–Trinajstić information content (AvgIpc) is 3.80. The normalized spacial score (nSPS) is 43.9. The van der Waals surface area contributed by atoms with Crippen LogP contribution in [0.25, 0.3) is 0 Å². The highest BCUT2D eigenvalue weighted by Crippen LogP contribution is 2.73. The molecule has 55 heavy (non-hydrogen) atoms. The van der Waals surface area contributed by atoms with Gasteiger partial charge in [0, 0.05) is 45.2 Å². The maximum Gasteiger partial charge on any atom is 0.332 e. The molecule has 12 unspecified atom stereocenters. The van der Waals surface area contributed by atoms with E-state index in [-0.39, 0.29) is 59.6 Å². The summed E-state index contributed by atoms with van der Waals surface area (Å²) in [5, 5.41) is 4.16. The topological polar surface area (TPSA) is 98.1 Å². The van der Waals surface area contributed by atoms with E-state index in [9.17, 15) is 9.59 Å². The van der Waals surface area contributed by atoms with E-state index in [1.807, 2.05) is 12.1 Å². The summed E-state index contributed by atoms with van der Waals surface area (Å²) in [6.07, 6.45) is 22.3. The number of carbonyl (C=O) groups excluding carboxylic acids is 2. The largest absolute Gasteiger partial charge is 0.459 e. The van der Waals surface area contributed by atoms with Crippen LogP contribution in [0, 0.1) is 63.1 Å². The minimum atomic E-state index is -0.269. The van der Waals surface area contributed by atoms with Gasteiger partial charge in [0.25, 0.3) is 0 Å². The molecule has 7 rings (SSSR count). The van der Waals surface area contributed by atoms with E-state index >= 15 is 0 Å². The van der Waals surface area contributed by atoms with Gasteiger partial charge in [-0.3, -0.25) is 4.68 Å². The number of hydrogen-bond donors (Lipinski definition) is 0. The first kappa shape index (κ1) is 40.7. The summed E-state index contributed by atoms with van der Waals surface area (Å²) in [5.74, 6) is 3.36. The Kier molecular flexibility index (Phi) is 11.6. The molecule has 0 amide bonds. The number of rotatable bonds is 10. The molecule has 6 aliphatic rings. The lowest BCUT2D eigenvalue weighted by Gasteiger charge is -2.69. The van der Waals surface area contributed by atoms with Gasteiger partial charge in [-0.15, -0.1) is 0 Å². The van der Waals surface area contributed by atoms with E-state index < -0.39 is 0 Å². The van der Waals surface area contributed by atoms with Crippen LogP contribution in [-0.2, 0) is 39.8 Å². The van der Waals surface area contributed by atoms with Crippen LogP contribution >= 0.6 is 0 Å². The summed E-state index contributed by atoms with van der Waals surface area (Å²) in [5.41, 5.74) is 2.00. The molecule has 6 aliphatic carbocycles. The number of methoxy groups -OCH3 is 3. The fraction of sp³-hybridized carbons (Fsp3) is 0.804. The molecule has 1 aromatic rings. The second-order valence-electron chi connectivity index (χ2n) is 20.0. The van der Waals surface area contributed by atoms with Crippen LogP contribution in [0.4, 0.5) is 0 Å². The first-order chi connectivity index (χ1) is 26.2. The highest BCUT2D eigenvalue weighted by atomic mass is 16.6. The van der Waals surface area contributed by atoms with Crippen molar-refractivity contribution in [3.63, 3.8) is 0 Å². The zero-order valence-corrected chi connectivity index (χ0v) is 35.3. The van der Waals surface area contributed by atoms with E-state index in [1.165, 1.54) is 56.9 Å². The first-order valence-electron chi connectivity index (χ1n) is 21.5. The maximum atomic E-state index is 13.4. The van der Waals surface area contributed by atoms with Gasteiger partial charge < -0.3 is 23.7 Å². The maximum absolute atomic E-state index is 13.4. The summed E-state index contributed by atoms with van der Waals surface area (Å²) in [6, 6.07) is 1.82. The summed E-state index contributed by atoms with van der Waals surface area (Å²) in [4.78, 5) is 26.1. The van der Waals surface area contributed by atoms with Crippen molar-refractivity contribution in [3.8, 4) is 0 Å². The molecule has 1 heterocycles. The number of aromatic nitrogens is 2. The van der Waals surface area contributed by atoms with E-state index in [0.29, 0.717) is 40.4 Å². The molecule has 12 atom stereocenters. The molecular formula is C46H70N2O7. The lowest BCUT2D eigenvalue weighted by molar-refractivity contribution is -0.220. The fourth-order valence-electron chi connectivity index (χ4n) is 14.6. The Labute approximate surface area is 330 Å². The van der Waals surface area contributed by atoms with Gasteiger partial charge in [-0.2, -0.15) is 5.10 Å². The minimum Gasteiger partial charge on any atom is -0.459 e. The Morgan fingerprint density at radius 3 is 2.22 bits per heavy atom. The van der Waals surface area contributed by atoms with E-state index in [0.717, 1.165) is 31.6 Å². The van der Waals surface area contributed by atoms with Gasteiger partial charge in [0.2, 0.25) is 0 Å². The highest BCUT2D eigenvalue weighted by molar-refractivity contribution is 5.82. The van der Waals surface area contributed by atoms with Gasteiger partial charge in [0.15, 0.2) is 0 Å². The molecule has 1 aromatic heterocycles. The van der Waals surface area contributed by atoms with Crippen LogP contribution in [0.2, 0.25) is 0 Å². The predicted octanol–water partition coefficient (Wildman–Crippen LogP) is 8.96. The van der Waals surface area contributed by atoms with Gasteiger partial charge >= 0.3 is 11.9 Å². The van der Waals surface area contributed by atoms with E-state index in [4.69, 9.17) is 23.7 Å². The van der Waals surface area contributed by atoms with Crippen molar-refractivity contribution < 1.29 is 33.3 Å². The molecule has 0 radical (unpaired) electrons. The average molecular weight is 763 g/mol. The standard InChI is InChI=1S/C46H70N2O7/c1-29(28-54-40(50)27-48-24-10-23-47-48)31-15-19-44(4)20-16-33-32(41(31)44)12-13-37-45(33,5)21-17-36-43(2,3)38(18-22-46(36,37)6)55-39(49)14-11-30-25-34(51-7)42(53-9)35(26-30)52-8/h10-11,14,23-24,28,30-38,41-42H,12-13,15-22,25-27H2,1-9H3/b14-11?,29-28+. The Bertz CT molecular complexity index is 1570. The number of nitrogens with zero attached hydrogens (tertiary/aromatic N) is 2. The summed E-state index contributed by atoms with van der Waals surface area (Å²) in [7, 11) is 5.13. The monoisotopic (exact) mass is 763 g/mol. The molecule has 0 saturated heterocycles. The molecule has 0 N–H and O–H groups in total. The minimum absolute atomic E-state index is 0.0783. The molecule has 6 fully saturated rings. The van der Waals surface area contributed by atoms with Crippen LogP contribution < -0.4 is 0 Å². The Morgan fingerprint density at radius 1 is 0.836 bits per heavy atom. The molecular weight excluding hydrogens is 693 g/mol. The Morgan fingerprint density at radius 2 is 1.55 bits per heavy atom. The second kappa shape index (κ2) is 15.7. The highest BCUT2D eigenvalue weighted by Gasteiger charge is 2.67. The molecule has 0 aliphatic heterocycles. The smallest absolute Gasteiger partial charge is 0.332 e. The van der Waals surface area contributed by atoms with Crippen LogP contribution in [0.15, 0.2) is 42.4 Å². The van der Waals surface area contributed by atoms with Crippen molar-refractivity contribution >= 4 is 11.9 Å². The van der Waals surface area contributed by atoms with E-state index in [1.54, 1.807) is 50.7 Å². The molecule has 0 aromatic carbocycles. The first-order valence-corrected chi connectivity index (χ1v) is 21.5. The summed E-state index contributed by atoms with van der Waals surface area (Å²) < 4.78 is 30.9. The van der Waals surface area contributed by atoms with Gasteiger partial charge in [-0.1, -0.05) is 40.7 Å². The predicted molar refractivity (Wildman–Crippen MR) is 211 cm³/mol. The molecule has 0 bridgehead atoms. The number of hydrogen-bond acceptors (Lipinski definition) is 8. The van der Waals surface area contributed by atoms with Crippen molar-refractivity contribution in [2.75, 3.05) is 21.3 Å². The second-order valence-corrected chi connectivity index (χ2v) is 20.0. The van der Waals surface area contributed by atoms with Crippen molar-refractivity contribution in [2.24, 2.45) is 63.1 Å². The molecule has 6 saturated carbocycles. The van der Waals surface area contributed by atoms with Crippen LogP contribution in [0.5, 0.6) is 0 Å². The van der Waals surface area contributed by atoms with Gasteiger partial charge in [-0.25, -0.2) is 9.59 Å². The summed E-state index contributed by atoms with van der Waals surface area (Å²) >= 11 is 0. The quantitative estimate of drug-likeness (QED) is 0.132. The third-order valence-electron chi connectivity index (χ3n) is 17.2. The van der Waals surface area contributed by atoms with Crippen molar-refractivity contribution in [2.45, 2.75) is 150 Å². The van der Waals surface area contributed by atoms with Crippen molar-refractivity contribution in [1.29, 1.82) is 0 Å². The van der Waals surface area contributed by atoms with Gasteiger partial charge in [-0.05, 0) is 153 Å².